The molecule has 0 radical (unpaired) electrons. The van der Waals surface area contributed by atoms with Crippen molar-refractivity contribution in [2.24, 2.45) is 0 Å². The Morgan fingerprint density at radius 1 is 1.00 bits per heavy atom. The molecule has 1 fully saturated rings. The van der Waals surface area contributed by atoms with Crippen molar-refractivity contribution < 1.29 is 28.5 Å². The summed E-state index contributed by atoms with van der Waals surface area (Å²) < 4.78 is 23.8. The van der Waals surface area contributed by atoms with Gasteiger partial charge in [-0.3, -0.25) is 9.59 Å². The van der Waals surface area contributed by atoms with E-state index in [4.69, 9.17) is 23.9 Å². The molecule has 3 aromatic rings. The Kier molecular flexibility index (Phi) is 10.2. The average molecular weight is 566 g/mol. The molecular formula is C28H35N7O6. The van der Waals surface area contributed by atoms with Crippen molar-refractivity contribution in [3.05, 3.63) is 49.8 Å². The molecule has 0 unspecified atom stereocenters. The molecule has 218 valence electrons. The van der Waals surface area contributed by atoms with Gasteiger partial charge in [-0.05, 0) is 37.1 Å². The molecule has 4 rings (SSSR count). The molecule has 1 aromatic carbocycles. The lowest BCUT2D eigenvalue weighted by molar-refractivity contribution is -0.127. The van der Waals surface area contributed by atoms with Crippen LogP contribution in [0.15, 0.2) is 49.8 Å². The van der Waals surface area contributed by atoms with Gasteiger partial charge in [-0.1, -0.05) is 13.2 Å². The first-order chi connectivity index (χ1) is 20.0. The summed E-state index contributed by atoms with van der Waals surface area (Å²) in [4.78, 5) is 39.8. The Labute approximate surface area is 238 Å². The van der Waals surface area contributed by atoms with Gasteiger partial charge in [0, 0.05) is 45.1 Å². The van der Waals surface area contributed by atoms with E-state index < -0.39 is 5.91 Å². The Hall–Kier alpha value is -4.49. The van der Waals surface area contributed by atoms with Gasteiger partial charge in [0.05, 0.1) is 19.5 Å². The number of nitrogens with zero attached hydrogens (tertiary/aromatic N) is 5. The van der Waals surface area contributed by atoms with Crippen molar-refractivity contribution in [1.82, 2.24) is 24.4 Å². The maximum Gasteiger partial charge on any atom is 0.248 e. The maximum atomic E-state index is 12.2. The third-order valence-electron chi connectivity index (χ3n) is 6.48. The number of methoxy groups -OCH3 is 2. The van der Waals surface area contributed by atoms with Gasteiger partial charge in [0.2, 0.25) is 17.8 Å². The largest absolute Gasteiger partial charge is 0.487 e. The minimum absolute atomic E-state index is 0.0592. The highest BCUT2D eigenvalue weighted by atomic mass is 16.5. The molecule has 0 bridgehead atoms. The first kappa shape index (κ1) is 29.5. The van der Waals surface area contributed by atoms with Crippen LogP contribution in [0.4, 0.5) is 17.5 Å². The van der Waals surface area contributed by atoms with Gasteiger partial charge < -0.3 is 39.0 Å². The molecule has 1 aliphatic rings. The predicted molar refractivity (Wildman–Crippen MR) is 154 cm³/mol. The SMILES string of the molecule is C=CC(=O)Nc1nc(Nc2ccc(OCCOC)c(OCCOC)c2)nc2c1ncn2C1CCN(C(=O)C=C)CC1. The number of hydrogen-bond acceptors (Lipinski definition) is 10. The lowest BCUT2D eigenvalue weighted by atomic mass is 10.0. The summed E-state index contributed by atoms with van der Waals surface area (Å²) in [5, 5.41) is 5.94. The maximum absolute atomic E-state index is 12.2. The molecule has 41 heavy (non-hydrogen) atoms. The zero-order valence-corrected chi connectivity index (χ0v) is 23.3. The van der Waals surface area contributed by atoms with Crippen LogP contribution in [0, 0.1) is 0 Å². The van der Waals surface area contributed by atoms with Crippen LogP contribution >= 0.6 is 0 Å². The lowest BCUT2D eigenvalue weighted by Gasteiger charge is -2.32. The third-order valence-corrected chi connectivity index (χ3v) is 6.48. The Morgan fingerprint density at radius 2 is 1.71 bits per heavy atom. The summed E-state index contributed by atoms with van der Waals surface area (Å²) in [6.07, 6.45) is 5.63. The standard InChI is InChI=1S/C28H35N7O6/c1-5-23(36)31-26-25-27(35(18-29-25)20-9-11-34(12-10-20)24(37)6-2)33-28(32-26)30-19-7-8-21(40-15-13-38-3)22(17-19)41-16-14-39-4/h5-8,17-18,20H,1-2,9-16H2,3-4H3,(H2,30,31,32,33,36). The molecule has 1 aliphatic heterocycles. The average Bonchev–Trinajstić information content (AvgIpc) is 3.42. The molecule has 2 amide bonds. The van der Waals surface area contributed by atoms with E-state index in [1.54, 1.807) is 37.6 Å². The molecule has 1 saturated heterocycles. The van der Waals surface area contributed by atoms with Gasteiger partial charge in [0.25, 0.3) is 0 Å². The van der Waals surface area contributed by atoms with E-state index in [1.807, 2.05) is 10.6 Å². The number of anilines is 3. The first-order valence-corrected chi connectivity index (χ1v) is 13.2. The number of rotatable bonds is 14. The Bertz CT molecular complexity index is 1380. The molecule has 13 nitrogen and oxygen atoms in total. The van der Waals surface area contributed by atoms with E-state index in [-0.39, 0.29) is 23.7 Å². The van der Waals surface area contributed by atoms with Crippen LogP contribution in [-0.2, 0) is 19.1 Å². The highest BCUT2D eigenvalue weighted by molar-refractivity contribution is 6.02. The fraction of sp³-hybridized carbons (Fsp3) is 0.393. The van der Waals surface area contributed by atoms with Gasteiger partial charge >= 0.3 is 0 Å². The summed E-state index contributed by atoms with van der Waals surface area (Å²) in [5.74, 6) is 1.05. The number of ether oxygens (including phenoxy) is 4. The van der Waals surface area contributed by atoms with E-state index in [1.165, 1.54) is 6.08 Å². The summed E-state index contributed by atoms with van der Waals surface area (Å²) in [6.45, 7) is 9.83. The molecule has 3 heterocycles. The predicted octanol–water partition coefficient (Wildman–Crippen LogP) is 3.09. The van der Waals surface area contributed by atoms with Crippen LogP contribution < -0.4 is 20.1 Å². The monoisotopic (exact) mass is 565 g/mol. The first-order valence-electron chi connectivity index (χ1n) is 13.2. The molecule has 13 heteroatoms. The number of carbonyl (C=O) groups excluding carboxylic acids is 2. The van der Waals surface area contributed by atoms with Crippen molar-refractivity contribution in [3.63, 3.8) is 0 Å². The van der Waals surface area contributed by atoms with Crippen molar-refractivity contribution in [2.45, 2.75) is 18.9 Å². The third kappa shape index (κ3) is 7.38. The molecule has 0 spiro atoms. The molecular weight excluding hydrogens is 530 g/mol. The summed E-state index contributed by atoms with van der Waals surface area (Å²) in [5.41, 5.74) is 1.63. The van der Waals surface area contributed by atoms with Crippen LogP contribution in [0.25, 0.3) is 11.2 Å². The number of nitrogens with one attached hydrogen (secondary N) is 2. The number of aromatic nitrogens is 4. The van der Waals surface area contributed by atoms with Crippen LogP contribution in [0.2, 0.25) is 0 Å². The Morgan fingerprint density at radius 3 is 2.37 bits per heavy atom. The summed E-state index contributed by atoms with van der Waals surface area (Å²) in [7, 11) is 3.20. The van der Waals surface area contributed by atoms with Crippen LogP contribution in [0.3, 0.4) is 0 Å². The molecule has 2 aromatic heterocycles. The second-order valence-electron chi connectivity index (χ2n) is 9.14. The zero-order valence-electron chi connectivity index (χ0n) is 23.3. The van der Waals surface area contributed by atoms with Gasteiger partial charge in [-0.25, -0.2) is 4.98 Å². The van der Waals surface area contributed by atoms with E-state index in [0.29, 0.717) is 67.9 Å². The second kappa shape index (κ2) is 14.2. The van der Waals surface area contributed by atoms with E-state index in [0.717, 1.165) is 18.9 Å². The molecule has 2 N–H and O–H groups in total. The van der Waals surface area contributed by atoms with Crippen LogP contribution in [0.5, 0.6) is 11.5 Å². The van der Waals surface area contributed by atoms with Gasteiger partial charge in [0.1, 0.15) is 13.2 Å². The summed E-state index contributed by atoms with van der Waals surface area (Å²) in [6, 6.07) is 5.42. The van der Waals surface area contributed by atoms with Gasteiger partial charge in [0.15, 0.2) is 28.5 Å². The summed E-state index contributed by atoms with van der Waals surface area (Å²) >= 11 is 0. The number of amides is 2. The molecule has 0 atom stereocenters. The highest BCUT2D eigenvalue weighted by Gasteiger charge is 2.25. The van der Waals surface area contributed by atoms with E-state index in [9.17, 15) is 9.59 Å². The van der Waals surface area contributed by atoms with Crippen molar-refractivity contribution in [3.8, 4) is 11.5 Å². The van der Waals surface area contributed by atoms with Crippen LogP contribution in [0.1, 0.15) is 18.9 Å². The number of fused-ring (bicyclic) bond motifs is 1. The van der Waals surface area contributed by atoms with Gasteiger partial charge in [-0.15, -0.1) is 0 Å². The fourth-order valence-corrected chi connectivity index (χ4v) is 4.40. The van der Waals surface area contributed by atoms with E-state index >= 15 is 0 Å². The van der Waals surface area contributed by atoms with Crippen molar-refractivity contribution >= 4 is 40.4 Å². The molecule has 0 saturated carbocycles. The quantitative estimate of drug-likeness (QED) is 0.221. The highest BCUT2D eigenvalue weighted by Crippen LogP contribution is 2.33. The fourth-order valence-electron chi connectivity index (χ4n) is 4.40. The molecule has 0 aliphatic carbocycles. The smallest absolute Gasteiger partial charge is 0.248 e. The minimum Gasteiger partial charge on any atom is -0.487 e. The van der Waals surface area contributed by atoms with E-state index in [2.05, 4.69) is 33.8 Å². The number of piperidine rings is 1. The number of hydrogen-bond donors (Lipinski definition) is 2. The van der Waals surface area contributed by atoms with Gasteiger partial charge in [-0.2, -0.15) is 9.97 Å². The van der Waals surface area contributed by atoms with Crippen molar-refractivity contribution in [2.75, 3.05) is 64.4 Å². The number of imidazole rings is 1. The number of carbonyl (C=O) groups is 2. The second-order valence-corrected chi connectivity index (χ2v) is 9.14. The lowest BCUT2D eigenvalue weighted by Crippen LogP contribution is -2.38. The Balaban J connectivity index is 1.64. The topological polar surface area (TPSA) is 142 Å². The van der Waals surface area contributed by atoms with Crippen LogP contribution in [-0.4, -0.2) is 90.0 Å². The van der Waals surface area contributed by atoms with Crippen molar-refractivity contribution in [1.29, 1.82) is 0 Å². The number of likely N-dealkylation sites (tertiary alicyclic amines) is 1. The zero-order chi connectivity index (χ0) is 29.2. The number of benzene rings is 1. The minimum atomic E-state index is -0.423. The normalized spacial score (nSPS) is 13.6.